The Kier molecular flexibility index (Phi) is 5.23. The molecule has 0 bridgehead atoms. The topological polar surface area (TPSA) is 116 Å². The Labute approximate surface area is 181 Å². The zero-order chi connectivity index (χ0) is 22.1. The maximum absolute atomic E-state index is 13.0. The molecule has 0 aliphatic carbocycles. The summed E-state index contributed by atoms with van der Waals surface area (Å²) in [7, 11) is 1.52. The second kappa shape index (κ2) is 8.01. The third kappa shape index (κ3) is 3.53. The lowest BCUT2D eigenvalue weighted by molar-refractivity contribution is -0.132. The molecular formula is C22H16N4O4S. The highest BCUT2D eigenvalue weighted by Gasteiger charge is 2.48. The second-order valence-electron chi connectivity index (χ2n) is 6.74. The van der Waals surface area contributed by atoms with Crippen LogP contribution in [-0.2, 0) is 9.59 Å². The summed E-state index contributed by atoms with van der Waals surface area (Å²) >= 11 is 1.17. The number of aryl methyl sites for hydroxylation is 1. The fourth-order valence-electron chi connectivity index (χ4n) is 3.37. The van der Waals surface area contributed by atoms with Crippen LogP contribution < -0.4 is 9.64 Å². The summed E-state index contributed by atoms with van der Waals surface area (Å²) in [6.07, 6.45) is 0. The maximum atomic E-state index is 13.0. The highest BCUT2D eigenvalue weighted by molar-refractivity contribution is 7.15. The van der Waals surface area contributed by atoms with Crippen LogP contribution in [0.15, 0.2) is 54.1 Å². The number of hydrogen-bond acceptors (Lipinski definition) is 8. The number of ketones is 1. The summed E-state index contributed by atoms with van der Waals surface area (Å²) in [5.74, 6) is -1.35. The van der Waals surface area contributed by atoms with Crippen LogP contribution in [0.3, 0.4) is 0 Å². The van der Waals surface area contributed by atoms with Gasteiger partial charge in [0.15, 0.2) is 0 Å². The number of rotatable bonds is 4. The Morgan fingerprint density at radius 1 is 1.13 bits per heavy atom. The van der Waals surface area contributed by atoms with Gasteiger partial charge in [-0.05, 0) is 48.9 Å². The molecule has 1 fully saturated rings. The van der Waals surface area contributed by atoms with Crippen LogP contribution in [0.5, 0.6) is 5.75 Å². The predicted octanol–water partition coefficient (Wildman–Crippen LogP) is 3.35. The molecule has 1 aliphatic rings. The van der Waals surface area contributed by atoms with Gasteiger partial charge in [0.05, 0.1) is 30.4 Å². The van der Waals surface area contributed by atoms with Crippen LogP contribution in [0.25, 0.3) is 5.76 Å². The number of aliphatic hydroxyl groups excluding tert-OH is 1. The number of carbonyl (C=O) groups excluding carboxylic acids is 2. The number of ether oxygens (including phenoxy) is 1. The zero-order valence-corrected chi connectivity index (χ0v) is 17.4. The fraction of sp³-hybridized carbons (Fsp3) is 0.136. The summed E-state index contributed by atoms with van der Waals surface area (Å²) in [6.45, 7) is 1.74. The number of methoxy groups -OCH3 is 1. The largest absolute Gasteiger partial charge is 0.507 e. The predicted molar refractivity (Wildman–Crippen MR) is 114 cm³/mol. The summed E-state index contributed by atoms with van der Waals surface area (Å²) in [6, 6.07) is 14.1. The van der Waals surface area contributed by atoms with Gasteiger partial charge in [-0.1, -0.05) is 23.5 Å². The quantitative estimate of drug-likeness (QED) is 0.382. The first-order valence-electron chi connectivity index (χ1n) is 9.20. The van der Waals surface area contributed by atoms with E-state index in [0.29, 0.717) is 27.4 Å². The molecule has 1 aromatic heterocycles. The lowest BCUT2D eigenvalue weighted by Crippen LogP contribution is -2.29. The molecule has 154 valence electrons. The van der Waals surface area contributed by atoms with Gasteiger partial charge in [0.2, 0.25) is 5.13 Å². The van der Waals surface area contributed by atoms with E-state index in [2.05, 4.69) is 10.2 Å². The number of nitriles is 1. The van der Waals surface area contributed by atoms with Crippen LogP contribution in [0.4, 0.5) is 5.13 Å². The van der Waals surface area contributed by atoms with Gasteiger partial charge in [-0.15, -0.1) is 10.2 Å². The second-order valence-corrected chi connectivity index (χ2v) is 7.90. The number of aliphatic hydroxyl groups is 1. The van der Waals surface area contributed by atoms with E-state index >= 15 is 0 Å². The highest BCUT2D eigenvalue weighted by Crippen LogP contribution is 2.43. The maximum Gasteiger partial charge on any atom is 0.301 e. The van der Waals surface area contributed by atoms with E-state index in [1.807, 2.05) is 6.07 Å². The Morgan fingerprint density at radius 2 is 1.81 bits per heavy atom. The van der Waals surface area contributed by atoms with E-state index in [4.69, 9.17) is 10.00 Å². The van der Waals surface area contributed by atoms with Crippen LogP contribution in [0, 0.1) is 18.3 Å². The molecule has 0 saturated carbocycles. The van der Waals surface area contributed by atoms with E-state index in [-0.39, 0.29) is 16.5 Å². The molecule has 1 unspecified atom stereocenters. The number of hydrogen-bond donors (Lipinski definition) is 1. The summed E-state index contributed by atoms with van der Waals surface area (Å²) < 4.78 is 5.13. The van der Waals surface area contributed by atoms with E-state index in [9.17, 15) is 14.7 Å². The number of aromatic nitrogens is 2. The molecule has 31 heavy (non-hydrogen) atoms. The summed E-state index contributed by atoms with van der Waals surface area (Å²) in [5.41, 5.74) is 1.29. The smallest absolute Gasteiger partial charge is 0.301 e. The minimum absolute atomic E-state index is 0.0623. The van der Waals surface area contributed by atoms with Crippen molar-refractivity contribution in [1.82, 2.24) is 10.2 Å². The number of carbonyl (C=O) groups is 2. The Morgan fingerprint density at radius 3 is 2.35 bits per heavy atom. The van der Waals surface area contributed by atoms with Gasteiger partial charge in [0, 0.05) is 5.56 Å². The zero-order valence-electron chi connectivity index (χ0n) is 16.6. The van der Waals surface area contributed by atoms with Crippen LogP contribution in [0.1, 0.15) is 27.7 Å². The third-order valence-corrected chi connectivity index (χ3v) is 5.72. The minimum Gasteiger partial charge on any atom is -0.507 e. The van der Waals surface area contributed by atoms with Crippen molar-refractivity contribution in [3.63, 3.8) is 0 Å². The first kappa shape index (κ1) is 20.3. The van der Waals surface area contributed by atoms with Crippen molar-refractivity contribution in [2.45, 2.75) is 13.0 Å². The molecule has 2 heterocycles. The third-order valence-electron chi connectivity index (χ3n) is 4.88. The van der Waals surface area contributed by atoms with Gasteiger partial charge in [-0.2, -0.15) is 5.26 Å². The molecule has 8 nitrogen and oxygen atoms in total. The van der Waals surface area contributed by atoms with Gasteiger partial charge in [0.25, 0.3) is 5.78 Å². The molecule has 1 amide bonds. The number of anilines is 1. The minimum atomic E-state index is -0.915. The van der Waals surface area contributed by atoms with Gasteiger partial charge < -0.3 is 9.84 Å². The molecule has 0 radical (unpaired) electrons. The van der Waals surface area contributed by atoms with Crippen molar-refractivity contribution in [2.24, 2.45) is 0 Å². The molecule has 0 spiro atoms. The molecule has 2 aromatic carbocycles. The molecule has 3 aromatic rings. The van der Waals surface area contributed by atoms with Crippen LogP contribution in [0.2, 0.25) is 0 Å². The van der Waals surface area contributed by atoms with E-state index < -0.39 is 17.7 Å². The molecule has 4 rings (SSSR count). The van der Waals surface area contributed by atoms with Gasteiger partial charge >= 0.3 is 5.91 Å². The first-order chi connectivity index (χ1) is 14.9. The molecular weight excluding hydrogens is 416 g/mol. The normalized spacial score (nSPS) is 17.6. The number of benzene rings is 2. The molecule has 1 aliphatic heterocycles. The lowest BCUT2D eigenvalue weighted by Gasteiger charge is -2.22. The van der Waals surface area contributed by atoms with E-state index in [1.165, 1.54) is 23.3 Å². The number of amides is 1. The summed E-state index contributed by atoms with van der Waals surface area (Å²) in [5, 5.41) is 29.0. The van der Waals surface area contributed by atoms with E-state index in [0.717, 1.165) is 0 Å². The molecule has 1 saturated heterocycles. The average molecular weight is 432 g/mol. The number of nitrogens with zero attached hydrogens (tertiary/aromatic N) is 4. The monoisotopic (exact) mass is 432 g/mol. The highest BCUT2D eigenvalue weighted by atomic mass is 32.1. The lowest BCUT2D eigenvalue weighted by atomic mass is 9.95. The molecule has 1 N–H and O–H groups in total. The van der Waals surface area contributed by atoms with Gasteiger partial charge in [-0.3, -0.25) is 14.5 Å². The van der Waals surface area contributed by atoms with Crippen molar-refractivity contribution in [3.8, 4) is 11.8 Å². The van der Waals surface area contributed by atoms with Crippen molar-refractivity contribution in [2.75, 3.05) is 12.0 Å². The Hall–Kier alpha value is -4.03. The van der Waals surface area contributed by atoms with Crippen molar-refractivity contribution in [1.29, 1.82) is 5.26 Å². The van der Waals surface area contributed by atoms with Crippen LogP contribution >= 0.6 is 11.3 Å². The first-order valence-corrected chi connectivity index (χ1v) is 10.0. The van der Waals surface area contributed by atoms with Gasteiger partial charge in [-0.25, -0.2) is 0 Å². The molecule has 9 heteroatoms. The Bertz CT molecular complexity index is 1240. The standard InChI is InChI=1S/C22H16N4O4S/c1-12-24-25-22(31-12)26-18(14-5-3-13(11-23)4-6-14)17(20(28)21(26)29)19(27)15-7-9-16(30-2)10-8-15/h3-10,18,27H,1-2H3. The number of Topliss-reactive ketones (excluding diaryl/α,β-unsaturated/α-hetero) is 1. The average Bonchev–Trinajstić information content (AvgIpc) is 3.34. The Balaban J connectivity index is 1.91. The van der Waals surface area contributed by atoms with Crippen molar-refractivity contribution >= 4 is 33.9 Å². The van der Waals surface area contributed by atoms with Gasteiger partial charge in [0.1, 0.15) is 16.5 Å². The molecule has 1 atom stereocenters. The van der Waals surface area contributed by atoms with Crippen molar-refractivity contribution in [3.05, 3.63) is 75.8 Å². The summed E-state index contributed by atoms with van der Waals surface area (Å²) in [4.78, 5) is 27.2. The van der Waals surface area contributed by atoms with E-state index in [1.54, 1.807) is 55.5 Å². The van der Waals surface area contributed by atoms with Crippen LogP contribution in [-0.4, -0.2) is 34.1 Å². The fourth-order valence-corrected chi connectivity index (χ4v) is 4.09. The van der Waals surface area contributed by atoms with Crippen molar-refractivity contribution < 1.29 is 19.4 Å². The SMILES string of the molecule is COc1ccc(C(O)=C2C(=O)C(=O)N(c3nnc(C)s3)C2c2ccc(C#N)cc2)cc1.